The highest BCUT2D eigenvalue weighted by Crippen LogP contribution is 2.33. The number of hydrogen-bond acceptors (Lipinski definition) is 8. The van der Waals surface area contributed by atoms with E-state index in [1.54, 1.807) is 0 Å². The van der Waals surface area contributed by atoms with Crippen LogP contribution in [0.1, 0.15) is 24.8 Å². The fourth-order valence-corrected chi connectivity index (χ4v) is 4.61. The Morgan fingerprint density at radius 3 is 2.89 bits per heavy atom. The van der Waals surface area contributed by atoms with Crippen LogP contribution in [0.5, 0.6) is 0 Å². The van der Waals surface area contributed by atoms with Gasteiger partial charge in [0.05, 0.1) is 12.1 Å². The smallest absolute Gasteiger partial charge is 0.191 e. The summed E-state index contributed by atoms with van der Waals surface area (Å²) in [4.78, 5) is 13.1. The van der Waals surface area contributed by atoms with Gasteiger partial charge in [0.1, 0.15) is 4.70 Å². The van der Waals surface area contributed by atoms with Crippen molar-refractivity contribution < 1.29 is 13.9 Å². The number of fused-ring (bicyclic) bond motifs is 1. The predicted molar refractivity (Wildman–Crippen MR) is 103 cm³/mol. The van der Waals surface area contributed by atoms with E-state index in [2.05, 4.69) is 20.3 Å². The molecule has 0 aliphatic heterocycles. The first kappa shape index (κ1) is 18.3. The molecule has 3 aromatic rings. The SMILES string of the molecule is Nc1nc2nc(SCc3cccc(F)c3F)nc(NC3CCC[C@H]3O)c2s1. The van der Waals surface area contributed by atoms with Crippen LogP contribution in [0.15, 0.2) is 23.4 Å². The molecule has 6 nitrogen and oxygen atoms in total. The standard InChI is InChI=1S/C17H17F2N5OS2/c18-9-4-1-3-8(12(9)19)7-26-17-23-14(21-10-5-2-6-11(10)25)13-15(24-17)22-16(20)27-13/h1,3-4,10-11,25H,2,5-7H2,(H3,20,21,22,23,24)/t10?,11-/m1/s1. The van der Waals surface area contributed by atoms with Gasteiger partial charge in [-0.05, 0) is 25.3 Å². The normalized spacial score (nSPS) is 19.7. The lowest BCUT2D eigenvalue weighted by Gasteiger charge is -2.17. The lowest BCUT2D eigenvalue weighted by Crippen LogP contribution is -2.28. The monoisotopic (exact) mass is 409 g/mol. The van der Waals surface area contributed by atoms with Crippen LogP contribution in [0.4, 0.5) is 19.7 Å². The molecule has 2 heterocycles. The van der Waals surface area contributed by atoms with Crippen LogP contribution in [0.2, 0.25) is 0 Å². The molecule has 2 atom stereocenters. The van der Waals surface area contributed by atoms with Gasteiger partial charge in [-0.3, -0.25) is 0 Å². The van der Waals surface area contributed by atoms with Crippen molar-refractivity contribution in [2.45, 2.75) is 42.3 Å². The van der Waals surface area contributed by atoms with Gasteiger partial charge in [0.25, 0.3) is 0 Å². The number of halogens is 2. The second-order valence-electron chi connectivity index (χ2n) is 6.31. The van der Waals surface area contributed by atoms with Gasteiger partial charge >= 0.3 is 0 Å². The van der Waals surface area contributed by atoms with Crippen LogP contribution in [0.25, 0.3) is 10.3 Å². The number of aliphatic hydroxyl groups is 1. The van der Waals surface area contributed by atoms with Crippen molar-refractivity contribution in [2.75, 3.05) is 11.1 Å². The fourth-order valence-electron chi connectivity index (χ4n) is 3.07. The largest absolute Gasteiger partial charge is 0.391 e. The molecule has 4 rings (SSSR count). The van der Waals surface area contributed by atoms with Gasteiger partial charge in [-0.2, -0.15) is 0 Å². The highest BCUT2D eigenvalue weighted by atomic mass is 32.2. The van der Waals surface area contributed by atoms with E-state index in [4.69, 9.17) is 5.73 Å². The molecule has 27 heavy (non-hydrogen) atoms. The van der Waals surface area contributed by atoms with E-state index in [9.17, 15) is 13.9 Å². The average molecular weight is 409 g/mol. The van der Waals surface area contributed by atoms with Crippen molar-refractivity contribution in [1.82, 2.24) is 15.0 Å². The van der Waals surface area contributed by atoms with Gasteiger partial charge in [0.2, 0.25) is 0 Å². The van der Waals surface area contributed by atoms with Crippen LogP contribution in [0.3, 0.4) is 0 Å². The van der Waals surface area contributed by atoms with E-state index < -0.39 is 17.7 Å². The topological polar surface area (TPSA) is 97.0 Å². The van der Waals surface area contributed by atoms with Crippen molar-refractivity contribution >= 4 is 44.4 Å². The van der Waals surface area contributed by atoms with Gasteiger partial charge < -0.3 is 16.2 Å². The Kier molecular flexibility index (Phi) is 5.11. The Hall–Kier alpha value is -2.04. The van der Waals surface area contributed by atoms with Crippen molar-refractivity contribution in [1.29, 1.82) is 0 Å². The highest BCUT2D eigenvalue weighted by Gasteiger charge is 2.26. The van der Waals surface area contributed by atoms with Crippen LogP contribution in [-0.4, -0.2) is 32.2 Å². The number of nitrogen functional groups attached to an aromatic ring is 1. The maximum Gasteiger partial charge on any atom is 0.191 e. The fraction of sp³-hybridized carbons (Fsp3) is 0.353. The number of aliphatic hydroxyl groups excluding tert-OH is 1. The number of nitrogens with one attached hydrogen (secondary N) is 1. The number of thiazole rings is 1. The molecule has 1 aromatic carbocycles. The third-order valence-corrected chi connectivity index (χ3v) is 6.22. The van der Waals surface area contributed by atoms with Crippen LogP contribution in [-0.2, 0) is 5.75 Å². The lowest BCUT2D eigenvalue weighted by molar-refractivity contribution is 0.171. The van der Waals surface area contributed by atoms with Crippen molar-refractivity contribution in [2.24, 2.45) is 0 Å². The zero-order chi connectivity index (χ0) is 19.0. The number of nitrogens with two attached hydrogens (primary N) is 1. The molecule has 0 bridgehead atoms. The number of thioether (sulfide) groups is 1. The van der Waals surface area contributed by atoms with Crippen LogP contribution in [0, 0.1) is 11.6 Å². The minimum atomic E-state index is -0.880. The van der Waals surface area contributed by atoms with Crippen molar-refractivity contribution in [3.63, 3.8) is 0 Å². The first-order chi connectivity index (χ1) is 13.0. The summed E-state index contributed by atoms with van der Waals surface area (Å²) in [5, 5.41) is 14.1. The van der Waals surface area contributed by atoms with E-state index in [1.165, 1.54) is 35.2 Å². The molecule has 4 N–H and O–H groups in total. The number of rotatable bonds is 5. The molecule has 10 heteroatoms. The summed E-state index contributed by atoms with van der Waals surface area (Å²) >= 11 is 2.46. The summed E-state index contributed by atoms with van der Waals surface area (Å²) in [6.45, 7) is 0. The molecule has 0 spiro atoms. The van der Waals surface area contributed by atoms with Crippen LogP contribution >= 0.6 is 23.1 Å². The third kappa shape index (κ3) is 3.83. The Morgan fingerprint density at radius 2 is 2.11 bits per heavy atom. The molecule has 1 unspecified atom stereocenters. The molecule has 2 aromatic heterocycles. The second-order valence-corrected chi connectivity index (χ2v) is 8.28. The Morgan fingerprint density at radius 1 is 1.26 bits per heavy atom. The van der Waals surface area contributed by atoms with E-state index >= 15 is 0 Å². The van der Waals surface area contributed by atoms with E-state index in [0.717, 1.165) is 25.3 Å². The molecule has 0 saturated heterocycles. The molecule has 1 aliphatic rings. The number of anilines is 2. The molecule has 0 radical (unpaired) electrons. The quantitative estimate of drug-likeness (QED) is 0.438. The lowest BCUT2D eigenvalue weighted by atomic mass is 10.2. The van der Waals surface area contributed by atoms with E-state index in [-0.39, 0.29) is 17.4 Å². The van der Waals surface area contributed by atoms with Crippen LogP contribution < -0.4 is 11.1 Å². The molecular weight excluding hydrogens is 392 g/mol. The summed E-state index contributed by atoms with van der Waals surface area (Å²) in [5.41, 5.74) is 6.50. The number of hydrogen-bond donors (Lipinski definition) is 3. The first-order valence-electron chi connectivity index (χ1n) is 8.45. The zero-order valence-corrected chi connectivity index (χ0v) is 15.8. The maximum atomic E-state index is 13.9. The van der Waals surface area contributed by atoms with Gasteiger partial charge in [-0.25, -0.2) is 23.7 Å². The minimum absolute atomic E-state index is 0.0926. The van der Waals surface area contributed by atoms with E-state index in [1.807, 2.05) is 0 Å². The summed E-state index contributed by atoms with van der Waals surface area (Å²) in [6, 6.07) is 3.98. The Balaban J connectivity index is 1.61. The third-order valence-electron chi connectivity index (χ3n) is 4.44. The average Bonchev–Trinajstić information content (AvgIpc) is 3.21. The Labute approximate surface area is 162 Å². The zero-order valence-electron chi connectivity index (χ0n) is 14.2. The van der Waals surface area contributed by atoms with E-state index in [0.29, 0.717) is 26.5 Å². The summed E-state index contributed by atoms with van der Waals surface area (Å²) < 4.78 is 27.9. The maximum absolute atomic E-state index is 13.9. The van der Waals surface area contributed by atoms with Gasteiger partial charge in [-0.15, -0.1) is 0 Å². The van der Waals surface area contributed by atoms with Gasteiger partial charge in [0.15, 0.2) is 33.4 Å². The first-order valence-corrected chi connectivity index (χ1v) is 10.3. The molecule has 0 amide bonds. The Bertz CT molecular complexity index is 983. The molecule has 142 valence electrons. The molecule has 1 saturated carbocycles. The number of nitrogens with zero attached hydrogens (tertiary/aromatic N) is 3. The molecule has 1 aliphatic carbocycles. The van der Waals surface area contributed by atoms with Gasteiger partial charge in [-0.1, -0.05) is 35.2 Å². The van der Waals surface area contributed by atoms with Gasteiger partial charge in [0, 0.05) is 11.3 Å². The summed E-state index contributed by atoms with van der Waals surface area (Å²) in [5.74, 6) is -1.01. The number of benzene rings is 1. The second kappa shape index (κ2) is 7.53. The predicted octanol–water partition coefficient (Wildman–Crippen LogP) is 3.56. The highest BCUT2D eigenvalue weighted by molar-refractivity contribution is 7.98. The minimum Gasteiger partial charge on any atom is -0.391 e. The molecular formula is C17H17F2N5OS2. The van der Waals surface area contributed by atoms with Crippen molar-refractivity contribution in [3.05, 3.63) is 35.4 Å². The molecule has 1 fully saturated rings. The number of aromatic nitrogens is 3. The summed E-state index contributed by atoms with van der Waals surface area (Å²) in [6.07, 6.45) is 2.10. The summed E-state index contributed by atoms with van der Waals surface area (Å²) in [7, 11) is 0. The van der Waals surface area contributed by atoms with Crippen molar-refractivity contribution in [3.8, 4) is 0 Å².